The van der Waals surface area contributed by atoms with Gasteiger partial charge in [-0.05, 0) is 60.7 Å². The fourth-order valence-corrected chi connectivity index (χ4v) is 6.40. The number of hydrogen-bond acceptors (Lipinski definition) is 2. The molecule has 0 bridgehead atoms. The lowest BCUT2D eigenvalue weighted by molar-refractivity contribution is 0.457. The minimum Gasteiger partial charge on any atom is -0.537 e. The lowest BCUT2D eigenvalue weighted by Crippen LogP contribution is -2.00. The molecule has 8 rings (SSSR count). The van der Waals surface area contributed by atoms with Crippen LogP contribution in [-0.4, -0.2) is 21.8 Å². The summed E-state index contributed by atoms with van der Waals surface area (Å²) < 4.78 is 11.0. The van der Waals surface area contributed by atoms with Crippen molar-refractivity contribution in [2.75, 3.05) is 0 Å². The van der Waals surface area contributed by atoms with Crippen LogP contribution < -0.4 is 4.65 Å². The molecule has 0 spiro atoms. The summed E-state index contributed by atoms with van der Waals surface area (Å²) in [7, 11) is 0.726. The Kier molecular flexibility index (Phi) is 7.00. The number of benzene rings is 6. The second-order valence-electron chi connectivity index (χ2n) is 9.88. The van der Waals surface area contributed by atoms with Crippen molar-refractivity contribution in [3.8, 4) is 17.1 Å². The Balaban J connectivity index is 0.000000138. The normalized spacial score (nSPS) is 11.1. The Hall–Kier alpha value is -4.78. The molecule has 2 heterocycles. The van der Waals surface area contributed by atoms with E-state index in [1.165, 1.54) is 27.5 Å². The highest BCUT2D eigenvalue weighted by Gasteiger charge is 2.16. The van der Waals surface area contributed by atoms with E-state index < -0.39 is 0 Å². The molecular formula is C36H25BBrN2O2. The smallest absolute Gasteiger partial charge is 0.537 e. The molecule has 0 fully saturated rings. The molecule has 0 saturated heterocycles. The van der Waals surface area contributed by atoms with E-state index >= 15 is 0 Å². The van der Waals surface area contributed by atoms with Crippen molar-refractivity contribution in [2.24, 2.45) is 0 Å². The SMILES string of the molecule is Brc1cccc2c1c1ccccc1n2-c1ccccc1.O[B]Oc1cccc2c1c1ccccc1n2-c1ccccc1. The summed E-state index contributed by atoms with van der Waals surface area (Å²) in [6.07, 6.45) is 0. The van der Waals surface area contributed by atoms with Crippen LogP contribution in [0.2, 0.25) is 0 Å². The molecule has 4 nitrogen and oxygen atoms in total. The van der Waals surface area contributed by atoms with E-state index in [0.717, 1.165) is 39.7 Å². The zero-order chi connectivity index (χ0) is 28.5. The van der Waals surface area contributed by atoms with Gasteiger partial charge >= 0.3 is 7.69 Å². The van der Waals surface area contributed by atoms with Crippen molar-refractivity contribution >= 4 is 67.2 Å². The quantitative estimate of drug-likeness (QED) is 0.203. The van der Waals surface area contributed by atoms with Crippen LogP contribution in [-0.2, 0) is 0 Å². The highest BCUT2D eigenvalue weighted by atomic mass is 79.9. The summed E-state index contributed by atoms with van der Waals surface area (Å²) >= 11 is 3.69. The van der Waals surface area contributed by atoms with E-state index in [1.54, 1.807) is 0 Å². The fourth-order valence-electron chi connectivity index (χ4n) is 5.83. The van der Waals surface area contributed by atoms with Gasteiger partial charge in [0, 0.05) is 37.4 Å². The second-order valence-corrected chi connectivity index (χ2v) is 10.7. The van der Waals surface area contributed by atoms with Crippen molar-refractivity contribution in [3.63, 3.8) is 0 Å². The van der Waals surface area contributed by atoms with Crippen molar-refractivity contribution in [3.05, 3.63) is 150 Å². The average molecular weight is 608 g/mol. The van der Waals surface area contributed by atoms with E-state index in [2.05, 4.69) is 122 Å². The van der Waals surface area contributed by atoms with E-state index in [0.29, 0.717) is 5.75 Å². The van der Waals surface area contributed by atoms with Crippen LogP contribution in [0.15, 0.2) is 150 Å². The molecule has 2 aromatic heterocycles. The summed E-state index contributed by atoms with van der Waals surface area (Å²) in [5.74, 6) is 0.644. The summed E-state index contributed by atoms with van der Waals surface area (Å²) in [5, 5.41) is 13.7. The zero-order valence-corrected chi connectivity index (χ0v) is 24.1. The van der Waals surface area contributed by atoms with Crippen molar-refractivity contribution in [1.82, 2.24) is 9.13 Å². The molecule has 201 valence electrons. The molecule has 0 aliphatic carbocycles. The molecule has 8 aromatic rings. The van der Waals surface area contributed by atoms with Crippen LogP contribution in [0.1, 0.15) is 0 Å². The first-order valence-corrected chi connectivity index (χ1v) is 14.5. The third-order valence-corrected chi connectivity index (χ3v) is 8.18. The third kappa shape index (κ3) is 4.46. The number of fused-ring (bicyclic) bond motifs is 6. The number of hydrogen-bond donors (Lipinski definition) is 1. The van der Waals surface area contributed by atoms with Crippen LogP contribution in [0.4, 0.5) is 0 Å². The van der Waals surface area contributed by atoms with Crippen molar-refractivity contribution in [2.45, 2.75) is 0 Å². The standard InChI is InChI=1S/C18H13BNO2.C18H12BrN/c21-19-22-17-12-6-11-16-18(17)14-9-4-5-10-15(14)20(16)13-7-2-1-3-8-13;19-15-10-6-12-17-18(15)14-9-4-5-11-16(14)20(17)13-7-2-1-3-8-13/h1-12,21H;1-12H. The Bertz CT molecular complexity index is 2170. The molecule has 0 aliphatic heterocycles. The van der Waals surface area contributed by atoms with E-state index in [1.807, 2.05) is 48.5 Å². The zero-order valence-electron chi connectivity index (χ0n) is 22.6. The van der Waals surface area contributed by atoms with Gasteiger partial charge in [-0.25, -0.2) is 0 Å². The highest BCUT2D eigenvalue weighted by molar-refractivity contribution is 9.10. The molecule has 0 unspecified atom stereocenters. The maximum absolute atomic E-state index is 9.02. The van der Waals surface area contributed by atoms with Gasteiger partial charge in [-0.1, -0.05) is 101 Å². The average Bonchev–Trinajstić information content (AvgIpc) is 3.57. The summed E-state index contributed by atoms with van der Waals surface area (Å²) in [6.45, 7) is 0. The molecular weight excluding hydrogens is 583 g/mol. The molecule has 0 amide bonds. The van der Waals surface area contributed by atoms with E-state index in [4.69, 9.17) is 9.68 Å². The van der Waals surface area contributed by atoms with Gasteiger partial charge in [0.05, 0.1) is 22.1 Å². The lowest BCUT2D eigenvalue weighted by atomic mass is 10.1. The fraction of sp³-hybridized carbons (Fsp3) is 0. The minimum atomic E-state index is 0.644. The van der Waals surface area contributed by atoms with Gasteiger partial charge < -0.3 is 18.8 Å². The Labute approximate surface area is 252 Å². The van der Waals surface area contributed by atoms with E-state index in [-0.39, 0.29) is 0 Å². The molecule has 1 radical (unpaired) electrons. The van der Waals surface area contributed by atoms with Crippen LogP contribution in [0, 0.1) is 0 Å². The monoisotopic (exact) mass is 607 g/mol. The summed E-state index contributed by atoms with van der Waals surface area (Å²) in [5.41, 5.74) is 6.91. The van der Waals surface area contributed by atoms with Crippen LogP contribution in [0.25, 0.3) is 55.0 Å². The Morgan fingerprint density at radius 3 is 1.50 bits per heavy atom. The summed E-state index contributed by atoms with van der Waals surface area (Å²) in [6, 6.07) is 49.7. The number of rotatable bonds is 4. The van der Waals surface area contributed by atoms with Gasteiger partial charge in [0.2, 0.25) is 0 Å². The first kappa shape index (κ1) is 26.1. The number of nitrogens with zero attached hydrogens (tertiary/aromatic N) is 2. The molecule has 0 atom stereocenters. The van der Waals surface area contributed by atoms with Gasteiger partial charge in [-0.3, -0.25) is 0 Å². The second kappa shape index (κ2) is 11.2. The van der Waals surface area contributed by atoms with Crippen molar-refractivity contribution in [1.29, 1.82) is 0 Å². The minimum absolute atomic E-state index is 0.644. The third-order valence-electron chi connectivity index (χ3n) is 7.51. The van der Waals surface area contributed by atoms with Gasteiger partial charge in [-0.2, -0.15) is 0 Å². The van der Waals surface area contributed by atoms with Gasteiger partial charge in [0.15, 0.2) is 0 Å². The maximum atomic E-state index is 9.02. The Morgan fingerprint density at radius 1 is 0.476 bits per heavy atom. The van der Waals surface area contributed by atoms with Gasteiger partial charge in [0.1, 0.15) is 5.75 Å². The molecule has 6 heteroatoms. The van der Waals surface area contributed by atoms with Crippen molar-refractivity contribution < 1.29 is 9.68 Å². The number of halogens is 1. The lowest BCUT2D eigenvalue weighted by Gasteiger charge is -2.08. The number of para-hydroxylation sites is 4. The van der Waals surface area contributed by atoms with Crippen LogP contribution >= 0.6 is 15.9 Å². The molecule has 0 saturated carbocycles. The predicted octanol–water partition coefficient (Wildman–Crippen LogP) is 9.24. The van der Waals surface area contributed by atoms with Crippen LogP contribution in [0.3, 0.4) is 0 Å². The first-order chi connectivity index (χ1) is 20.8. The summed E-state index contributed by atoms with van der Waals surface area (Å²) in [4.78, 5) is 0. The largest absolute Gasteiger partial charge is 0.569 e. The van der Waals surface area contributed by atoms with Gasteiger partial charge in [-0.15, -0.1) is 0 Å². The highest BCUT2D eigenvalue weighted by Crippen LogP contribution is 2.38. The van der Waals surface area contributed by atoms with Crippen LogP contribution in [0.5, 0.6) is 5.75 Å². The number of aromatic nitrogens is 2. The molecule has 1 N–H and O–H groups in total. The first-order valence-electron chi connectivity index (χ1n) is 13.7. The molecule has 6 aromatic carbocycles. The maximum Gasteiger partial charge on any atom is 0.569 e. The molecule has 0 aliphatic rings. The van der Waals surface area contributed by atoms with E-state index in [9.17, 15) is 0 Å². The Morgan fingerprint density at radius 2 is 0.929 bits per heavy atom. The molecule has 42 heavy (non-hydrogen) atoms. The van der Waals surface area contributed by atoms with Gasteiger partial charge in [0.25, 0.3) is 0 Å². The topological polar surface area (TPSA) is 39.3 Å². The predicted molar refractivity (Wildman–Crippen MR) is 178 cm³/mol.